The van der Waals surface area contributed by atoms with Crippen LogP contribution in [0.3, 0.4) is 0 Å². The molecule has 5 N–H and O–H groups in total. The van der Waals surface area contributed by atoms with Gasteiger partial charge in [0, 0.05) is 0 Å². The zero-order valence-electron chi connectivity index (χ0n) is 9.41. The molecule has 0 aromatic carbocycles. The van der Waals surface area contributed by atoms with Crippen molar-refractivity contribution in [3.05, 3.63) is 0 Å². The topological polar surface area (TPSA) is 161 Å². The van der Waals surface area contributed by atoms with E-state index in [1.54, 1.807) is 5.32 Å². The van der Waals surface area contributed by atoms with Gasteiger partial charge in [0.15, 0.2) is 0 Å². The molecule has 9 nitrogen and oxygen atoms in total. The normalized spacial score (nSPS) is 16.4. The van der Waals surface area contributed by atoms with Crippen molar-refractivity contribution < 1.29 is 41.0 Å². The van der Waals surface area contributed by atoms with Crippen LogP contribution >= 0.6 is 0 Å². The Hall–Kier alpha value is -2.16. The number of nitrogens with one attached hydrogen (secondary N) is 1. The van der Waals surface area contributed by atoms with Gasteiger partial charge >= 0.3 is 23.9 Å². The van der Waals surface area contributed by atoms with Crippen molar-refractivity contribution in [2.24, 2.45) is 0 Å². The van der Waals surface area contributed by atoms with Gasteiger partial charge in [-0.05, 0) is 0 Å². The Bertz CT molecular complexity index is 383. The minimum atomic E-state index is -2.82. The largest absolute Gasteiger partial charge is 0.481 e. The Morgan fingerprint density at radius 2 is 1.41 bits per heavy atom. The van der Waals surface area contributed by atoms with Gasteiger partial charge in [0.2, 0.25) is 0 Å². The molecule has 9 heteroatoms. The molecule has 2 atom stereocenters. The molecule has 0 aromatic heterocycles. The average molecular weight is 250 g/mol. The maximum atomic E-state index is 10.7. The van der Waals surface area contributed by atoms with Crippen LogP contribution in [0.5, 0.6) is 0 Å². The molecular formula is C8H11NO8. The smallest absolute Gasteiger partial charge is 0.321 e. The molecule has 0 bridgehead atoms. The van der Waals surface area contributed by atoms with Gasteiger partial charge < -0.3 is 20.4 Å². The van der Waals surface area contributed by atoms with Gasteiger partial charge in [-0.2, -0.15) is 0 Å². The van der Waals surface area contributed by atoms with Crippen LogP contribution in [0.25, 0.3) is 0 Å². The quantitative estimate of drug-likeness (QED) is 0.342. The third kappa shape index (κ3) is 6.10. The van der Waals surface area contributed by atoms with Crippen LogP contribution in [0.15, 0.2) is 0 Å². The second kappa shape index (κ2) is 6.43. The number of hydrogen-bond donors (Lipinski definition) is 5. The van der Waals surface area contributed by atoms with Crippen molar-refractivity contribution in [2.45, 2.75) is 24.9 Å². The van der Waals surface area contributed by atoms with E-state index >= 15 is 0 Å². The fourth-order valence-corrected chi connectivity index (χ4v) is 0.925. The van der Waals surface area contributed by atoms with E-state index in [1.807, 2.05) is 0 Å². The highest BCUT2D eigenvalue weighted by Crippen LogP contribution is 2.00. The summed E-state index contributed by atoms with van der Waals surface area (Å²) in [6.45, 7) is 0. The van der Waals surface area contributed by atoms with Gasteiger partial charge in [0.25, 0.3) is 0 Å². The first kappa shape index (κ1) is 12.9. The van der Waals surface area contributed by atoms with Gasteiger partial charge in [-0.25, -0.2) is 0 Å². The molecule has 0 radical (unpaired) electrons. The maximum Gasteiger partial charge on any atom is 0.321 e. The van der Waals surface area contributed by atoms with Crippen molar-refractivity contribution in [3.63, 3.8) is 0 Å². The van der Waals surface area contributed by atoms with Crippen LogP contribution in [0.1, 0.15) is 14.2 Å². The number of carboxylic acid groups (broad SMARTS) is 4. The molecule has 0 saturated heterocycles. The molecule has 96 valence electrons. The number of carbonyl (C=O) groups is 4. The third-order valence-corrected chi connectivity index (χ3v) is 1.61. The number of hydrogen-bond acceptors (Lipinski definition) is 5. The third-order valence-electron chi connectivity index (χ3n) is 1.61. The first-order valence-electron chi connectivity index (χ1n) is 4.76. The molecule has 0 aliphatic heterocycles. The average Bonchev–Trinajstić information content (AvgIpc) is 2.13. The van der Waals surface area contributed by atoms with Gasteiger partial charge in [0.1, 0.15) is 12.1 Å². The van der Waals surface area contributed by atoms with Crippen LogP contribution in [-0.4, -0.2) is 56.4 Å². The molecule has 17 heavy (non-hydrogen) atoms. The summed E-state index contributed by atoms with van der Waals surface area (Å²) < 4.78 is 7.33. The van der Waals surface area contributed by atoms with Crippen molar-refractivity contribution in [1.29, 1.82) is 0 Å². The van der Waals surface area contributed by atoms with Crippen molar-refractivity contribution in [3.8, 4) is 0 Å². The Kier molecular flexibility index (Phi) is 4.88. The summed E-state index contributed by atoms with van der Waals surface area (Å²) in [5, 5.41) is 35.9. The Balaban J connectivity index is 5.03. The zero-order chi connectivity index (χ0) is 14.5. The van der Waals surface area contributed by atoms with Crippen LogP contribution in [-0.2, 0) is 19.2 Å². The molecule has 0 heterocycles. The van der Waals surface area contributed by atoms with Gasteiger partial charge in [-0.3, -0.25) is 24.5 Å². The van der Waals surface area contributed by atoms with E-state index in [4.69, 9.17) is 21.8 Å². The summed E-state index contributed by atoms with van der Waals surface area (Å²) in [6, 6.07) is -4.69. The van der Waals surface area contributed by atoms with E-state index in [9.17, 15) is 19.2 Å². The predicted octanol–water partition coefficient (Wildman–Crippen LogP) is -1.57. The Morgan fingerprint density at radius 1 is 0.941 bits per heavy atom. The van der Waals surface area contributed by atoms with Crippen LogP contribution in [0.2, 0.25) is 0 Å². The molecule has 0 amide bonds. The van der Waals surface area contributed by atoms with Crippen molar-refractivity contribution >= 4 is 23.9 Å². The van der Waals surface area contributed by atoms with E-state index < -0.39 is 48.8 Å². The molecule has 0 fully saturated rings. The van der Waals surface area contributed by atoms with E-state index in [0.29, 0.717) is 0 Å². The second-order valence-electron chi connectivity index (χ2n) is 2.99. The Morgan fingerprint density at radius 3 is 1.71 bits per heavy atom. The molecule has 0 aliphatic carbocycles. The zero-order valence-corrected chi connectivity index (χ0v) is 8.41. The molecule has 0 rings (SSSR count). The SMILES string of the molecule is [2H]C(CC(=O)O)(N[C@@H](CC(=O)O)C(=O)O)C(=O)O. The summed E-state index contributed by atoms with van der Waals surface area (Å²) >= 11 is 0. The lowest BCUT2D eigenvalue weighted by molar-refractivity contribution is -0.150. The van der Waals surface area contributed by atoms with E-state index in [2.05, 4.69) is 0 Å². The van der Waals surface area contributed by atoms with Crippen molar-refractivity contribution in [1.82, 2.24) is 5.32 Å². The number of aliphatic carboxylic acids is 4. The standard InChI is InChI=1S/C8H11NO8/c10-5(11)1-3(7(14)15)9-4(8(16)17)2-6(12)13/h3-4,9H,1-2H2,(H,10,11)(H,12,13)(H,14,15)(H,16,17)/t3-,4?/m0/s1/i3D/t3?,4-. The summed E-state index contributed by atoms with van der Waals surface area (Å²) in [7, 11) is 0. The highest BCUT2D eigenvalue weighted by molar-refractivity contribution is 5.84. The molecule has 1 unspecified atom stereocenters. The maximum absolute atomic E-state index is 10.7. The molecule has 0 aliphatic rings. The minimum absolute atomic E-state index is 0.983. The molecule has 0 saturated carbocycles. The number of rotatable bonds is 8. The second-order valence-corrected chi connectivity index (χ2v) is 2.99. The molecule has 0 spiro atoms. The lowest BCUT2D eigenvalue weighted by atomic mass is 10.1. The first-order valence-corrected chi connectivity index (χ1v) is 4.26. The summed E-state index contributed by atoms with van der Waals surface area (Å²) in [4.78, 5) is 42.2. The van der Waals surface area contributed by atoms with Gasteiger partial charge in [-0.15, -0.1) is 0 Å². The fraction of sp³-hybridized carbons (Fsp3) is 0.500. The van der Waals surface area contributed by atoms with E-state index in [-0.39, 0.29) is 0 Å². The van der Waals surface area contributed by atoms with Crippen LogP contribution in [0.4, 0.5) is 0 Å². The highest BCUT2D eigenvalue weighted by Gasteiger charge is 2.29. The van der Waals surface area contributed by atoms with E-state index in [0.717, 1.165) is 0 Å². The molecule has 0 aromatic rings. The van der Waals surface area contributed by atoms with Gasteiger partial charge in [0.05, 0.1) is 14.2 Å². The van der Waals surface area contributed by atoms with E-state index in [1.165, 1.54) is 0 Å². The lowest BCUT2D eigenvalue weighted by Crippen LogP contribution is -2.48. The summed E-state index contributed by atoms with van der Waals surface area (Å²) in [5.41, 5.74) is 0. The number of carboxylic acids is 4. The first-order chi connectivity index (χ1) is 8.08. The summed E-state index contributed by atoms with van der Waals surface area (Å²) in [5.74, 6) is -6.78. The Labute approximate surface area is 96.1 Å². The van der Waals surface area contributed by atoms with Crippen LogP contribution < -0.4 is 5.32 Å². The fourth-order valence-electron chi connectivity index (χ4n) is 0.925. The highest BCUT2D eigenvalue weighted by atomic mass is 16.4. The minimum Gasteiger partial charge on any atom is -0.481 e. The summed E-state index contributed by atoms with van der Waals surface area (Å²) in [6.07, 6.45) is -2.20. The van der Waals surface area contributed by atoms with Crippen LogP contribution in [0, 0.1) is 0 Å². The van der Waals surface area contributed by atoms with Gasteiger partial charge in [-0.1, -0.05) is 0 Å². The lowest BCUT2D eigenvalue weighted by Gasteiger charge is -2.17. The predicted molar refractivity (Wildman–Crippen MR) is 50.5 cm³/mol. The monoisotopic (exact) mass is 250 g/mol. The van der Waals surface area contributed by atoms with Crippen molar-refractivity contribution in [2.75, 3.05) is 0 Å². The molecular weight excluding hydrogens is 238 g/mol.